The van der Waals surface area contributed by atoms with Gasteiger partial charge < -0.3 is 9.53 Å². The average molecular weight is 613 g/mol. The van der Waals surface area contributed by atoms with Crippen LogP contribution >= 0.6 is 0 Å². The van der Waals surface area contributed by atoms with Crippen molar-refractivity contribution in [3.8, 4) is 45.3 Å². The fourth-order valence-electron chi connectivity index (χ4n) is 6.90. The monoisotopic (exact) mass is 613 g/mol. The van der Waals surface area contributed by atoms with Gasteiger partial charge in [-0.25, -0.2) is 15.0 Å². The van der Waals surface area contributed by atoms with E-state index in [0.717, 1.165) is 39.0 Å². The maximum Gasteiger partial charge on any atom is 0.395 e. The summed E-state index contributed by atoms with van der Waals surface area (Å²) in [7, 11) is 0. The number of allylic oxidation sites excluding steroid dienone is 4. The molecule has 3 aliphatic heterocycles. The highest BCUT2D eigenvalue weighted by Gasteiger charge is 2.42. The molecular weight excluding hydrogens is 584 g/mol. The summed E-state index contributed by atoms with van der Waals surface area (Å²) in [6, 6.07) is 46.1. The van der Waals surface area contributed by atoms with Gasteiger partial charge in [0.25, 0.3) is 0 Å². The van der Waals surface area contributed by atoms with E-state index in [1.807, 2.05) is 60.7 Å². The second-order valence-corrected chi connectivity index (χ2v) is 12.1. The molecule has 0 bridgehead atoms. The number of fused-ring (bicyclic) bond motifs is 6. The zero-order valence-corrected chi connectivity index (χ0v) is 26.1. The molecule has 0 saturated carbocycles. The van der Waals surface area contributed by atoms with E-state index < -0.39 is 0 Å². The van der Waals surface area contributed by atoms with Crippen LogP contribution in [0, 0.1) is 0 Å². The van der Waals surface area contributed by atoms with Crippen molar-refractivity contribution < 1.29 is 0 Å². The number of hydrogen-bond acceptors (Lipinski definition) is 5. The number of benzene rings is 5. The molecule has 0 radical (unpaired) electrons. The van der Waals surface area contributed by atoms with Crippen molar-refractivity contribution in [3.63, 3.8) is 0 Å². The Balaban J connectivity index is 1.19. The van der Waals surface area contributed by atoms with Crippen molar-refractivity contribution in [2.24, 2.45) is 0 Å². The van der Waals surface area contributed by atoms with Gasteiger partial charge in [-0.2, -0.15) is 0 Å². The average Bonchev–Trinajstić information content (AvgIpc) is 3.18. The predicted octanol–water partition coefficient (Wildman–Crippen LogP) is 8.12. The van der Waals surface area contributed by atoms with Crippen molar-refractivity contribution >= 4 is 30.6 Å². The summed E-state index contributed by atoms with van der Waals surface area (Å²) in [6.45, 7) is 0.306. The molecule has 5 nitrogen and oxygen atoms in total. The summed E-state index contributed by atoms with van der Waals surface area (Å²) in [5.74, 6) is 6.54. The first-order valence-electron chi connectivity index (χ1n) is 16.3. The molecule has 224 valence electrons. The molecule has 1 aromatic heterocycles. The van der Waals surface area contributed by atoms with Gasteiger partial charge in [-0.1, -0.05) is 145 Å². The van der Waals surface area contributed by atoms with Crippen LogP contribution in [-0.4, -0.2) is 33.5 Å². The van der Waals surface area contributed by atoms with Crippen LogP contribution < -0.4 is 10.3 Å². The standard InChI is InChI=1S/C41H29B2N5/c1-4-14-30(15-5-1)36-28-33(41-45-39(31-16-6-2-7-17-31)44-40(46-41)32-18-8-3-9-19-32)22-23-35(36)34-24-26-43-47(29-34)38-21-11-10-20-37(38)42-25-12-13-27-48(42)43/h1-29H. The van der Waals surface area contributed by atoms with Crippen LogP contribution in [0.1, 0.15) is 5.56 Å². The van der Waals surface area contributed by atoms with Crippen molar-refractivity contribution in [1.29, 1.82) is 0 Å². The zero-order chi connectivity index (χ0) is 31.9. The van der Waals surface area contributed by atoms with E-state index in [1.54, 1.807) is 0 Å². The smallest absolute Gasteiger partial charge is 0.395 e. The Kier molecular flexibility index (Phi) is 6.94. The third-order valence-corrected chi connectivity index (χ3v) is 9.21. The highest BCUT2D eigenvalue weighted by atomic mass is 15.2. The number of rotatable bonds is 5. The zero-order valence-electron chi connectivity index (χ0n) is 26.1. The Labute approximate surface area is 281 Å². The molecule has 0 fully saturated rings. The second kappa shape index (κ2) is 11.9. The van der Waals surface area contributed by atoms with Crippen LogP contribution in [0.5, 0.6) is 0 Å². The maximum absolute atomic E-state index is 5.02. The fraction of sp³-hybridized carbons (Fsp3) is 0. The van der Waals surface area contributed by atoms with Crippen LogP contribution in [0.4, 0.5) is 5.69 Å². The lowest BCUT2D eigenvalue weighted by Gasteiger charge is -2.46. The molecule has 0 unspecified atom stereocenters. The molecule has 3 aliphatic rings. The van der Waals surface area contributed by atoms with Gasteiger partial charge in [0.1, 0.15) is 0 Å². The van der Waals surface area contributed by atoms with Gasteiger partial charge >= 0.3 is 13.8 Å². The molecule has 0 atom stereocenters. The van der Waals surface area contributed by atoms with Gasteiger partial charge in [0, 0.05) is 28.6 Å². The summed E-state index contributed by atoms with van der Waals surface area (Å²) >= 11 is 0. The Morgan fingerprint density at radius 2 is 1.10 bits per heavy atom. The largest absolute Gasteiger partial charge is 0.437 e. The summed E-state index contributed by atoms with van der Waals surface area (Å²) in [5.41, 5.74) is 9.92. The number of nitrogens with zero attached hydrogens (tertiary/aromatic N) is 5. The fourth-order valence-corrected chi connectivity index (χ4v) is 6.90. The maximum atomic E-state index is 5.02. The number of hydrogen-bond donors (Lipinski definition) is 0. The van der Waals surface area contributed by atoms with Gasteiger partial charge in [0.2, 0.25) is 0 Å². The molecule has 5 aromatic carbocycles. The Morgan fingerprint density at radius 3 is 1.79 bits per heavy atom. The molecule has 0 spiro atoms. The summed E-state index contributed by atoms with van der Waals surface area (Å²) in [4.78, 5) is 17.3. The molecule has 6 aromatic rings. The van der Waals surface area contributed by atoms with Crippen molar-refractivity contribution in [1.82, 2.24) is 19.7 Å². The van der Waals surface area contributed by atoms with E-state index in [4.69, 9.17) is 15.0 Å². The summed E-state index contributed by atoms with van der Waals surface area (Å²) in [5, 5.41) is 0. The van der Waals surface area contributed by atoms with Crippen LogP contribution in [0.3, 0.4) is 0 Å². The summed E-state index contributed by atoms with van der Waals surface area (Å²) < 4.78 is 2.42. The van der Waals surface area contributed by atoms with Gasteiger partial charge in [-0.3, -0.25) is 0 Å². The first-order valence-corrected chi connectivity index (χ1v) is 16.3. The SMILES string of the molecule is C1=CB2c3ccccc3N3C=C(c4ccc(-c5nc(-c6ccccc6)nc(-c6ccccc6)n5)cc4-c4ccccc4)C=CB3N2C=C1. The van der Waals surface area contributed by atoms with Gasteiger partial charge in [-0.05, 0) is 52.1 Å². The molecule has 0 saturated heterocycles. The van der Waals surface area contributed by atoms with E-state index in [9.17, 15) is 0 Å². The minimum absolute atomic E-state index is 0.0901. The summed E-state index contributed by atoms with van der Waals surface area (Å²) in [6.07, 6.45) is 11.0. The molecule has 4 heterocycles. The van der Waals surface area contributed by atoms with Crippen molar-refractivity contribution in [2.75, 3.05) is 4.81 Å². The normalized spacial score (nSPS) is 14.4. The topological polar surface area (TPSA) is 45.2 Å². The highest BCUT2D eigenvalue weighted by Crippen LogP contribution is 2.37. The Bertz CT molecular complexity index is 2210. The molecule has 48 heavy (non-hydrogen) atoms. The molecular formula is C41H29B2N5. The first kappa shape index (κ1) is 28.1. The third-order valence-electron chi connectivity index (χ3n) is 9.21. The van der Waals surface area contributed by atoms with Crippen molar-refractivity contribution in [3.05, 3.63) is 182 Å². The quantitative estimate of drug-likeness (QED) is 0.184. The minimum atomic E-state index is 0.0901. The van der Waals surface area contributed by atoms with Crippen molar-refractivity contribution in [2.45, 2.75) is 0 Å². The second-order valence-electron chi connectivity index (χ2n) is 12.1. The number of aromatic nitrogens is 3. The number of anilines is 1. The molecule has 0 N–H and O–H groups in total. The van der Waals surface area contributed by atoms with E-state index in [1.165, 1.54) is 11.2 Å². The highest BCUT2D eigenvalue weighted by molar-refractivity contribution is 6.90. The Hall–Kier alpha value is -6.20. The molecule has 0 aliphatic carbocycles. The molecule has 0 amide bonds. The first-order chi connectivity index (χ1) is 23.8. The van der Waals surface area contributed by atoms with Crippen LogP contribution in [-0.2, 0) is 0 Å². The minimum Gasteiger partial charge on any atom is -0.437 e. The predicted molar refractivity (Wildman–Crippen MR) is 199 cm³/mol. The van der Waals surface area contributed by atoms with Crippen LogP contribution in [0.25, 0.3) is 50.9 Å². The Morgan fingerprint density at radius 1 is 0.500 bits per heavy atom. The van der Waals surface area contributed by atoms with Gasteiger partial charge in [-0.15, -0.1) is 0 Å². The number of para-hydroxylation sites is 1. The van der Waals surface area contributed by atoms with E-state index in [-0.39, 0.29) is 13.8 Å². The van der Waals surface area contributed by atoms with Gasteiger partial charge in [0.15, 0.2) is 17.5 Å². The lowest BCUT2D eigenvalue weighted by molar-refractivity contribution is 0.878. The van der Waals surface area contributed by atoms with E-state index in [0.29, 0.717) is 17.5 Å². The molecule has 9 rings (SSSR count). The van der Waals surface area contributed by atoms with Crippen LogP contribution in [0.2, 0.25) is 0 Å². The van der Waals surface area contributed by atoms with Gasteiger partial charge in [0.05, 0.1) is 0 Å². The van der Waals surface area contributed by atoms with E-state index in [2.05, 4.69) is 125 Å². The molecule has 7 heteroatoms. The lowest BCUT2D eigenvalue weighted by Crippen LogP contribution is -2.64. The van der Waals surface area contributed by atoms with E-state index >= 15 is 0 Å². The van der Waals surface area contributed by atoms with Crippen LogP contribution in [0.15, 0.2) is 176 Å². The lowest BCUT2D eigenvalue weighted by atomic mass is 9.43. The third kappa shape index (κ3) is 4.97.